The van der Waals surface area contributed by atoms with Crippen molar-refractivity contribution in [3.05, 3.63) is 64.7 Å². The van der Waals surface area contributed by atoms with Crippen molar-refractivity contribution in [2.45, 2.75) is 58.4 Å². The highest BCUT2D eigenvalue weighted by Gasteiger charge is 2.47. The van der Waals surface area contributed by atoms with E-state index in [0.717, 1.165) is 11.6 Å². The van der Waals surface area contributed by atoms with Gasteiger partial charge in [-0.25, -0.2) is 4.39 Å². The number of hydrogen-bond acceptors (Lipinski definition) is 4. The third kappa shape index (κ3) is 4.37. The number of Topliss-reactive ketones (excluding diaryl/α,β-unsaturated/α-hetero) is 1. The lowest BCUT2D eigenvalue weighted by atomic mass is 9.81. The Morgan fingerprint density at radius 1 is 1.00 bits per heavy atom. The molecule has 0 amide bonds. The highest BCUT2D eigenvalue weighted by atomic mass is 19.4. The predicted molar refractivity (Wildman–Crippen MR) is 111 cm³/mol. The van der Waals surface area contributed by atoms with Crippen LogP contribution in [0.4, 0.5) is 17.6 Å². The van der Waals surface area contributed by atoms with Crippen molar-refractivity contribution in [1.29, 1.82) is 0 Å². The van der Waals surface area contributed by atoms with E-state index in [-0.39, 0.29) is 22.8 Å². The van der Waals surface area contributed by atoms with Crippen LogP contribution in [0.5, 0.6) is 11.5 Å². The van der Waals surface area contributed by atoms with Crippen LogP contribution in [0, 0.1) is 5.82 Å². The molecule has 0 aromatic heterocycles. The molecular formula is C24H24F4O4. The third-order valence-electron chi connectivity index (χ3n) is 5.30. The van der Waals surface area contributed by atoms with Gasteiger partial charge in [0.15, 0.2) is 5.78 Å². The topological polar surface area (TPSA) is 55.8 Å². The van der Waals surface area contributed by atoms with E-state index in [1.165, 1.54) is 12.1 Å². The normalized spacial score (nSPS) is 18.1. The van der Waals surface area contributed by atoms with E-state index in [2.05, 4.69) is 0 Å². The largest absolute Gasteiger partial charge is 0.508 e. The number of aliphatic hydroxyl groups excluding tert-OH is 1. The van der Waals surface area contributed by atoms with E-state index in [1.807, 2.05) is 6.92 Å². The molecule has 2 aromatic carbocycles. The number of carbonyl (C=O) groups excluding carboxylic acids is 1. The number of aliphatic hydroxyl groups is 1. The molecule has 0 unspecified atom stereocenters. The third-order valence-corrected chi connectivity index (χ3v) is 5.30. The minimum atomic E-state index is -4.87. The molecule has 0 aliphatic carbocycles. The molecule has 0 radical (unpaired) electrons. The first-order chi connectivity index (χ1) is 14.7. The quantitative estimate of drug-likeness (QED) is 0.530. The fourth-order valence-electron chi connectivity index (χ4n) is 3.77. The molecule has 1 aliphatic rings. The number of carbonyl (C=O) groups is 1. The molecule has 0 saturated heterocycles. The molecular weight excluding hydrogens is 428 g/mol. The van der Waals surface area contributed by atoms with E-state index in [0.29, 0.717) is 24.1 Å². The average Bonchev–Trinajstić information content (AvgIpc) is 2.67. The Hall–Kier alpha value is -2.87. The molecule has 1 heterocycles. The zero-order valence-electron chi connectivity index (χ0n) is 18.4. The minimum absolute atomic E-state index is 0.0728. The Morgan fingerprint density at radius 2 is 1.59 bits per heavy atom. The summed E-state index contributed by atoms with van der Waals surface area (Å²) in [6.45, 7) is 8.35. The first-order valence-corrected chi connectivity index (χ1v) is 10.0. The summed E-state index contributed by atoms with van der Waals surface area (Å²) in [4.78, 5) is 13.1. The van der Waals surface area contributed by atoms with Crippen LogP contribution in [-0.2, 0) is 22.1 Å². The number of hydrogen-bond donors (Lipinski definition) is 1. The van der Waals surface area contributed by atoms with Crippen molar-refractivity contribution in [3.8, 4) is 11.5 Å². The maximum absolute atomic E-state index is 13.6. The van der Waals surface area contributed by atoms with Gasteiger partial charge >= 0.3 is 6.18 Å². The molecule has 0 fully saturated rings. The smallest absolute Gasteiger partial charge is 0.419 e. The second kappa shape index (κ2) is 7.92. The summed E-state index contributed by atoms with van der Waals surface area (Å²) < 4.78 is 64.0. The molecule has 172 valence electrons. The fourth-order valence-corrected chi connectivity index (χ4v) is 3.77. The molecule has 4 nitrogen and oxygen atoms in total. The molecule has 3 rings (SSSR count). The standard InChI is InChI=1S/C24H24F4O4/c1-6-13-7-8-14(31-15-9-10-18(25)17(12-15)24(26,27)28)11-16(13)19-20(29)22(2,3)32-23(4,5)21(19)30/h7-12,29H,6H2,1-5H3. The van der Waals surface area contributed by atoms with Crippen molar-refractivity contribution in [2.75, 3.05) is 0 Å². The van der Waals surface area contributed by atoms with Gasteiger partial charge in [-0.3, -0.25) is 4.79 Å². The minimum Gasteiger partial charge on any atom is -0.508 e. The average molecular weight is 452 g/mol. The lowest BCUT2D eigenvalue weighted by molar-refractivity contribution is -0.158. The van der Waals surface area contributed by atoms with Gasteiger partial charge in [0.05, 0.1) is 11.1 Å². The highest BCUT2D eigenvalue weighted by Crippen LogP contribution is 2.42. The molecule has 0 saturated carbocycles. The van der Waals surface area contributed by atoms with Crippen LogP contribution in [0.15, 0.2) is 42.2 Å². The Labute approximate surface area is 183 Å². The van der Waals surface area contributed by atoms with Crippen molar-refractivity contribution >= 4 is 11.4 Å². The number of benzene rings is 2. The lowest BCUT2D eigenvalue weighted by Crippen LogP contribution is -2.49. The molecule has 2 aromatic rings. The molecule has 8 heteroatoms. The first kappa shape index (κ1) is 23.8. The number of aryl methyl sites for hydroxylation is 1. The van der Waals surface area contributed by atoms with Crippen LogP contribution < -0.4 is 4.74 Å². The first-order valence-electron chi connectivity index (χ1n) is 10.0. The van der Waals surface area contributed by atoms with Gasteiger partial charge in [0.2, 0.25) is 0 Å². The van der Waals surface area contributed by atoms with Gasteiger partial charge in [0.25, 0.3) is 0 Å². The van der Waals surface area contributed by atoms with Crippen molar-refractivity contribution in [2.24, 2.45) is 0 Å². The van der Waals surface area contributed by atoms with E-state index >= 15 is 0 Å². The fraction of sp³-hybridized carbons (Fsp3) is 0.375. The molecule has 0 bridgehead atoms. The van der Waals surface area contributed by atoms with Gasteiger partial charge in [-0.1, -0.05) is 13.0 Å². The van der Waals surface area contributed by atoms with Gasteiger partial charge in [0.1, 0.15) is 34.3 Å². The van der Waals surface area contributed by atoms with Crippen LogP contribution in [0.1, 0.15) is 51.3 Å². The maximum atomic E-state index is 13.6. The van der Waals surface area contributed by atoms with Gasteiger partial charge in [-0.15, -0.1) is 0 Å². The van der Waals surface area contributed by atoms with Gasteiger partial charge < -0.3 is 14.6 Å². The second-order valence-corrected chi connectivity index (χ2v) is 8.59. The van der Waals surface area contributed by atoms with Crippen LogP contribution in [0.2, 0.25) is 0 Å². The van der Waals surface area contributed by atoms with Gasteiger partial charge in [-0.2, -0.15) is 13.2 Å². The molecule has 32 heavy (non-hydrogen) atoms. The summed E-state index contributed by atoms with van der Waals surface area (Å²) in [6.07, 6.45) is -4.35. The van der Waals surface area contributed by atoms with Crippen LogP contribution >= 0.6 is 0 Å². The monoisotopic (exact) mass is 452 g/mol. The number of ether oxygens (including phenoxy) is 2. The Balaban J connectivity index is 2.11. The van der Waals surface area contributed by atoms with Gasteiger partial charge in [-0.05, 0) is 75.6 Å². The summed E-state index contributed by atoms with van der Waals surface area (Å²) in [5.41, 5.74) is -2.57. The van der Waals surface area contributed by atoms with Crippen LogP contribution in [0.25, 0.3) is 5.57 Å². The number of rotatable bonds is 4. The van der Waals surface area contributed by atoms with Crippen molar-refractivity contribution in [3.63, 3.8) is 0 Å². The van der Waals surface area contributed by atoms with E-state index in [9.17, 15) is 27.5 Å². The number of ketones is 1. The summed E-state index contributed by atoms with van der Waals surface area (Å²) >= 11 is 0. The predicted octanol–water partition coefficient (Wildman–Crippen LogP) is 6.62. The second-order valence-electron chi connectivity index (χ2n) is 8.59. The van der Waals surface area contributed by atoms with Crippen molar-refractivity contribution in [1.82, 2.24) is 0 Å². The maximum Gasteiger partial charge on any atom is 0.419 e. The molecule has 0 spiro atoms. The van der Waals surface area contributed by atoms with E-state index in [4.69, 9.17) is 9.47 Å². The molecule has 1 aliphatic heterocycles. The highest BCUT2D eigenvalue weighted by molar-refractivity contribution is 6.26. The number of alkyl halides is 3. The summed E-state index contributed by atoms with van der Waals surface area (Å²) in [6, 6.07) is 7.03. The van der Waals surface area contributed by atoms with Gasteiger partial charge in [0, 0.05) is 0 Å². The Kier molecular flexibility index (Phi) is 5.89. The summed E-state index contributed by atoms with van der Waals surface area (Å²) in [7, 11) is 0. The molecule has 0 atom stereocenters. The lowest BCUT2D eigenvalue weighted by Gasteiger charge is -2.40. The van der Waals surface area contributed by atoms with E-state index < -0.39 is 34.5 Å². The summed E-state index contributed by atoms with van der Waals surface area (Å²) in [5.74, 6) is -2.16. The SMILES string of the molecule is CCc1ccc(Oc2ccc(F)c(C(F)(F)F)c2)cc1C1=C(O)C(C)(C)OC(C)(C)C1=O. The van der Waals surface area contributed by atoms with Crippen molar-refractivity contribution < 1.29 is 36.9 Å². The summed E-state index contributed by atoms with van der Waals surface area (Å²) in [5, 5.41) is 10.8. The number of halogens is 4. The van der Waals surface area contributed by atoms with Crippen LogP contribution in [0.3, 0.4) is 0 Å². The zero-order chi connectivity index (χ0) is 24.1. The van der Waals surface area contributed by atoms with Crippen LogP contribution in [-0.4, -0.2) is 22.1 Å². The molecule has 1 N–H and O–H groups in total. The zero-order valence-corrected chi connectivity index (χ0v) is 18.4. The Morgan fingerprint density at radius 3 is 2.19 bits per heavy atom. The Bertz CT molecular complexity index is 1100. The van der Waals surface area contributed by atoms with E-state index in [1.54, 1.807) is 33.8 Å².